The largest absolute Gasteiger partial charge is 0.416 e. The van der Waals surface area contributed by atoms with Crippen LogP contribution in [-0.2, 0) is 6.18 Å². The van der Waals surface area contributed by atoms with Crippen molar-refractivity contribution in [2.75, 3.05) is 11.5 Å². The molecule has 2 aliphatic rings. The minimum absolute atomic E-state index is 0.0378. The first-order valence-electron chi connectivity index (χ1n) is 8.34. The van der Waals surface area contributed by atoms with Gasteiger partial charge in [0.1, 0.15) is 16.7 Å². The number of fused-ring (bicyclic) bond motifs is 1. The zero-order valence-corrected chi connectivity index (χ0v) is 16.3. The van der Waals surface area contributed by atoms with Crippen LogP contribution in [0.2, 0.25) is 0 Å². The SMILES string of the molecule is CCSC1(SCC)N=C(N)C2(C#N)C(c3cccc(C(F)(F)F)c3)C12C#N. The van der Waals surface area contributed by atoms with Gasteiger partial charge in [0.25, 0.3) is 0 Å². The van der Waals surface area contributed by atoms with Crippen LogP contribution >= 0.6 is 23.5 Å². The Bertz CT molecular complexity index is 880. The predicted molar refractivity (Wildman–Crippen MR) is 101 cm³/mol. The number of nitrogens with two attached hydrogens (primary N) is 1. The average Bonchev–Trinajstić information content (AvgIpc) is 3.20. The summed E-state index contributed by atoms with van der Waals surface area (Å²) in [6.45, 7) is 3.82. The highest BCUT2D eigenvalue weighted by molar-refractivity contribution is 8.18. The minimum Gasteiger partial charge on any atom is -0.386 e. The Morgan fingerprint density at radius 1 is 1.19 bits per heavy atom. The number of alkyl halides is 3. The summed E-state index contributed by atoms with van der Waals surface area (Å²) in [7, 11) is 0. The number of hydrogen-bond donors (Lipinski definition) is 1. The summed E-state index contributed by atoms with van der Waals surface area (Å²) in [4.78, 5) is 4.52. The van der Waals surface area contributed by atoms with Gasteiger partial charge < -0.3 is 5.73 Å². The second-order valence-electron chi connectivity index (χ2n) is 6.34. The molecule has 9 heteroatoms. The fourth-order valence-electron chi connectivity index (χ4n) is 4.14. The number of nitriles is 2. The standard InChI is InChI=1S/C18H17F3N4S2/c1-3-26-18(27-4-2)16(10-23)13(15(16,9-22)14(24)25-18)11-6-5-7-12(8-11)17(19,20)21/h5-8,13H,3-4H2,1-2H3,(H2,24,25). The third-order valence-corrected chi connectivity index (χ3v) is 8.05. The van der Waals surface area contributed by atoms with Crippen molar-refractivity contribution in [3.8, 4) is 12.1 Å². The molecule has 4 nitrogen and oxygen atoms in total. The monoisotopic (exact) mass is 410 g/mol. The summed E-state index contributed by atoms with van der Waals surface area (Å²) in [6.07, 6.45) is -4.51. The number of benzene rings is 1. The maximum absolute atomic E-state index is 13.2. The zero-order valence-electron chi connectivity index (χ0n) is 14.7. The number of thioether (sulfide) groups is 2. The molecular weight excluding hydrogens is 393 g/mol. The molecule has 1 aromatic carbocycles. The Labute approximate surface area is 164 Å². The molecule has 1 aliphatic heterocycles. The lowest BCUT2D eigenvalue weighted by Crippen LogP contribution is -2.31. The fraction of sp³-hybridized carbons (Fsp3) is 0.500. The smallest absolute Gasteiger partial charge is 0.386 e. The molecular formula is C18H17F3N4S2. The van der Waals surface area contributed by atoms with Gasteiger partial charge in [-0.05, 0) is 23.1 Å². The van der Waals surface area contributed by atoms with Crippen LogP contribution < -0.4 is 5.73 Å². The normalized spacial score (nSPS) is 30.8. The molecule has 1 aliphatic carbocycles. The van der Waals surface area contributed by atoms with E-state index in [9.17, 15) is 23.7 Å². The Morgan fingerprint density at radius 3 is 2.30 bits per heavy atom. The summed E-state index contributed by atoms with van der Waals surface area (Å²) < 4.78 is 38.5. The van der Waals surface area contributed by atoms with Crippen LogP contribution in [0, 0.1) is 33.5 Å². The molecule has 3 atom stereocenters. The molecule has 2 N–H and O–H groups in total. The van der Waals surface area contributed by atoms with Crippen molar-refractivity contribution in [2.24, 2.45) is 21.6 Å². The molecule has 0 saturated heterocycles. The Kier molecular flexibility index (Phi) is 4.69. The average molecular weight is 410 g/mol. The summed E-state index contributed by atoms with van der Waals surface area (Å²) in [5.74, 6) is 0.544. The van der Waals surface area contributed by atoms with Crippen LogP contribution in [0.5, 0.6) is 0 Å². The van der Waals surface area contributed by atoms with E-state index in [1.54, 1.807) is 0 Å². The molecule has 0 amide bonds. The maximum Gasteiger partial charge on any atom is 0.416 e. The highest BCUT2D eigenvalue weighted by Crippen LogP contribution is 2.85. The Hall–Kier alpha value is -1.84. The minimum atomic E-state index is -4.51. The lowest BCUT2D eigenvalue weighted by molar-refractivity contribution is -0.137. The summed E-state index contributed by atoms with van der Waals surface area (Å²) >= 11 is 2.82. The molecule has 0 aromatic heterocycles. The van der Waals surface area contributed by atoms with E-state index in [0.717, 1.165) is 12.1 Å². The van der Waals surface area contributed by atoms with Crippen molar-refractivity contribution in [2.45, 2.75) is 30.1 Å². The van der Waals surface area contributed by atoms with Gasteiger partial charge in [0.15, 0.2) is 4.20 Å². The van der Waals surface area contributed by atoms with E-state index in [0.29, 0.717) is 17.1 Å². The molecule has 1 aromatic rings. The predicted octanol–water partition coefficient (Wildman–Crippen LogP) is 4.35. The molecule has 0 bridgehead atoms. The van der Waals surface area contributed by atoms with Crippen molar-refractivity contribution < 1.29 is 13.2 Å². The van der Waals surface area contributed by atoms with Crippen LogP contribution in [0.3, 0.4) is 0 Å². The lowest BCUT2D eigenvalue weighted by Gasteiger charge is -2.31. The molecule has 0 spiro atoms. The first-order chi connectivity index (χ1) is 12.7. The van der Waals surface area contributed by atoms with Crippen LogP contribution in [0.4, 0.5) is 13.2 Å². The van der Waals surface area contributed by atoms with E-state index in [2.05, 4.69) is 17.1 Å². The van der Waals surface area contributed by atoms with Gasteiger partial charge in [-0.2, -0.15) is 23.7 Å². The van der Waals surface area contributed by atoms with Gasteiger partial charge in [-0.15, -0.1) is 23.5 Å². The van der Waals surface area contributed by atoms with E-state index in [1.807, 2.05) is 13.8 Å². The van der Waals surface area contributed by atoms with E-state index >= 15 is 0 Å². The highest BCUT2D eigenvalue weighted by atomic mass is 32.2. The third kappa shape index (κ3) is 2.34. The van der Waals surface area contributed by atoms with Crippen molar-refractivity contribution in [1.82, 2.24) is 0 Å². The maximum atomic E-state index is 13.2. The van der Waals surface area contributed by atoms with Crippen LogP contribution in [-0.4, -0.2) is 21.5 Å². The molecule has 1 saturated carbocycles. The molecule has 1 fully saturated rings. The second-order valence-corrected chi connectivity index (χ2v) is 9.51. The van der Waals surface area contributed by atoms with Gasteiger partial charge >= 0.3 is 6.18 Å². The van der Waals surface area contributed by atoms with Crippen molar-refractivity contribution in [3.63, 3.8) is 0 Å². The first kappa shape index (κ1) is 19.9. The number of amidine groups is 1. The summed E-state index contributed by atoms with van der Waals surface area (Å²) in [6, 6.07) is 9.24. The van der Waals surface area contributed by atoms with Gasteiger partial charge in [0, 0.05) is 5.92 Å². The number of halogens is 3. The second kappa shape index (κ2) is 6.35. The molecule has 3 unspecified atom stereocenters. The lowest BCUT2D eigenvalue weighted by atomic mass is 9.97. The highest BCUT2D eigenvalue weighted by Gasteiger charge is 2.91. The topological polar surface area (TPSA) is 86.0 Å². The Morgan fingerprint density at radius 2 is 1.81 bits per heavy atom. The van der Waals surface area contributed by atoms with Crippen LogP contribution in [0.15, 0.2) is 29.3 Å². The van der Waals surface area contributed by atoms with Gasteiger partial charge in [0.05, 0.1) is 17.7 Å². The Balaban J connectivity index is 2.21. The van der Waals surface area contributed by atoms with Crippen molar-refractivity contribution in [3.05, 3.63) is 35.4 Å². The van der Waals surface area contributed by atoms with Crippen molar-refractivity contribution in [1.29, 1.82) is 10.5 Å². The molecule has 142 valence electrons. The zero-order chi connectivity index (χ0) is 20.1. The van der Waals surface area contributed by atoms with E-state index in [-0.39, 0.29) is 5.84 Å². The molecule has 3 rings (SSSR count). The van der Waals surface area contributed by atoms with E-state index < -0.39 is 32.7 Å². The van der Waals surface area contributed by atoms with Crippen LogP contribution in [0.1, 0.15) is 30.9 Å². The number of aliphatic imine (C=N–C) groups is 1. The first-order valence-corrected chi connectivity index (χ1v) is 10.3. The van der Waals surface area contributed by atoms with E-state index in [1.165, 1.54) is 35.7 Å². The third-order valence-electron chi connectivity index (χ3n) is 5.15. The molecule has 0 radical (unpaired) electrons. The number of hydrogen-bond acceptors (Lipinski definition) is 6. The van der Waals surface area contributed by atoms with Gasteiger partial charge in [-0.3, -0.25) is 0 Å². The fourth-order valence-corrected chi connectivity index (χ4v) is 7.40. The number of nitrogens with zero attached hydrogens (tertiary/aromatic N) is 3. The van der Waals surface area contributed by atoms with Crippen LogP contribution in [0.25, 0.3) is 0 Å². The number of rotatable bonds is 5. The quantitative estimate of drug-likeness (QED) is 0.729. The van der Waals surface area contributed by atoms with Gasteiger partial charge in [0.2, 0.25) is 0 Å². The molecule has 27 heavy (non-hydrogen) atoms. The van der Waals surface area contributed by atoms with Crippen molar-refractivity contribution >= 4 is 29.4 Å². The van der Waals surface area contributed by atoms with Gasteiger partial charge in [-0.25, -0.2) is 4.99 Å². The molecule has 1 heterocycles. The van der Waals surface area contributed by atoms with Gasteiger partial charge in [-0.1, -0.05) is 32.0 Å². The van der Waals surface area contributed by atoms with E-state index in [4.69, 9.17) is 5.73 Å². The summed E-state index contributed by atoms with van der Waals surface area (Å²) in [5.41, 5.74) is 2.92. The summed E-state index contributed by atoms with van der Waals surface area (Å²) in [5, 5.41) is 20.1.